The van der Waals surface area contributed by atoms with E-state index in [1.165, 1.54) is 17.6 Å². The molecule has 5 heteroatoms. The van der Waals surface area contributed by atoms with Crippen molar-refractivity contribution in [1.29, 1.82) is 0 Å². The molecular formula is C13H16N2O3. The maximum absolute atomic E-state index is 12.1. The van der Waals surface area contributed by atoms with Gasteiger partial charge in [0.15, 0.2) is 0 Å². The summed E-state index contributed by atoms with van der Waals surface area (Å²) >= 11 is 0. The van der Waals surface area contributed by atoms with Gasteiger partial charge >= 0.3 is 5.97 Å². The Balaban J connectivity index is 2.11. The monoisotopic (exact) mass is 248 g/mol. The van der Waals surface area contributed by atoms with Crippen LogP contribution in [-0.4, -0.2) is 37.5 Å². The van der Waals surface area contributed by atoms with E-state index >= 15 is 0 Å². The Morgan fingerprint density at radius 3 is 2.78 bits per heavy atom. The Kier molecular flexibility index (Phi) is 3.62. The van der Waals surface area contributed by atoms with E-state index in [-0.39, 0.29) is 12.5 Å². The Bertz CT molecular complexity index is 485. The lowest BCUT2D eigenvalue weighted by atomic mass is 10.1. The zero-order valence-corrected chi connectivity index (χ0v) is 10.5. The Morgan fingerprint density at radius 1 is 1.33 bits per heavy atom. The molecule has 1 aliphatic heterocycles. The van der Waals surface area contributed by atoms with E-state index in [1.807, 2.05) is 12.1 Å². The predicted molar refractivity (Wildman–Crippen MR) is 66.0 cm³/mol. The number of carbonyl (C=O) groups is 2. The molecule has 1 heterocycles. The molecule has 0 aromatic heterocycles. The van der Waals surface area contributed by atoms with E-state index in [4.69, 9.17) is 0 Å². The van der Waals surface area contributed by atoms with Gasteiger partial charge in [-0.1, -0.05) is 6.07 Å². The molecule has 0 fully saturated rings. The molecule has 1 N–H and O–H groups in total. The normalized spacial score (nSPS) is 13.0. The highest BCUT2D eigenvalue weighted by Crippen LogP contribution is 2.17. The summed E-state index contributed by atoms with van der Waals surface area (Å²) in [5, 5.41) is 3.23. The standard InChI is InChI=1S/C13H16N2O3/c1-15(8-12(16)18-2)13(17)9-3-4-10-6-14-7-11(10)5-9/h3-5,14H,6-8H2,1-2H3. The first-order chi connectivity index (χ1) is 8.61. The Hall–Kier alpha value is -1.88. The smallest absolute Gasteiger partial charge is 0.325 e. The van der Waals surface area contributed by atoms with Gasteiger partial charge in [0.05, 0.1) is 7.11 Å². The fourth-order valence-electron chi connectivity index (χ4n) is 1.98. The van der Waals surface area contributed by atoms with Crippen molar-refractivity contribution in [3.05, 3.63) is 34.9 Å². The molecule has 1 aromatic carbocycles. The molecule has 0 unspecified atom stereocenters. The first kappa shape index (κ1) is 12.6. The predicted octanol–water partition coefficient (Wildman–Crippen LogP) is 0.535. The van der Waals surface area contributed by atoms with Crippen molar-refractivity contribution in [2.75, 3.05) is 20.7 Å². The molecule has 0 saturated carbocycles. The average molecular weight is 248 g/mol. The summed E-state index contributed by atoms with van der Waals surface area (Å²) in [5.74, 6) is -0.594. The molecule has 96 valence electrons. The third-order valence-electron chi connectivity index (χ3n) is 3.02. The van der Waals surface area contributed by atoms with Crippen LogP contribution in [0.1, 0.15) is 21.5 Å². The molecule has 0 saturated heterocycles. The number of hydrogen-bond donors (Lipinski definition) is 1. The molecule has 2 rings (SSSR count). The zero-order valence-electron chi connectivity index (χ0n) is 10.5. The Morgan fingerprint density at radius 2 is 2.06 bits per heavy atom. The number of methoxy groups -OCH3 is 1. The van der Waals surface area contributed by atoms with Crippen LogP contribution >= 0.6 is 0 Å². The quantitative estimate of drug-likeness (QED) is 0.793. The summed E-state index contributed by atoms with van der Waals surface area (Å²) in [6, 6.07) is 5.63. The summed E-state index contributed by atoms with van der Waals surface area (Å²) in [6.45, 7) is 1.60. The van der Waals surface area contributed by atoms with Gasteiger partial charge in [-0.25, -0.2) is 0 Å². The number of nitrogens with zero attached hydrogens (tertiary/aromatic N) is 1. The van der Waals surface area contributed by atoms with Gasteiger partial charge in [0, 0.05) is 25.7 Å². The minimum atomic E-state index is -0.423. The van der Waals surface area contributed by atoms with Crippen molar-refractivity contribution in [2.24, 2.45) is 0 Å². The number of fused-ring (bicyclic) bond motifs is 1. The lowest BCUT2D eigenvalue weighted by Gasteiger charge is -2.16. The van der Waals surface area contributed by atoms with Crippen LogP contribution in [0.15, 0.2) is 18.2 Å². The van der Waals surface area contributed by atoms with E-state index in [0.29, 0.717) is 5.56 Å². The number of amides is 1. The molecular weight excluding hydrogens is 232 g/mol. The molecule has 5 nitrogen and oxygen atoms in total. The first-order valence-electron chi connectivity index (χ1n) is 5.76. The molecule has 1 aromatic rings. The van der Waals surface area contributed by atoms with Crippen molar-refractivity contribution < 1.29 is 14.3 Å². The topological polar surface area (TPSA) is 58.6 Å². The van der Waals surface area contributed by atoms with Crippen LogP contribution in [0.25, 0.3) is 0 Å². The third-order valence-corrected chi connectivity index (χ3v) is 3.02. The van der Waals surface area contributed by atoms with Crippen LogP contribution in [0.5, 0.6) is 0 Å². The highest BCUT2D eigenvalue weighted by atomic mass is 16.5. The summed E-state index contributed by atoms with van der Waals surface area (Å²) in [5.41, 5.74) is 2.97. The lowest BCUT2D eigenvalue weighted by molar-refractivity contribution is -0.141. The van der Waals surface area contributed by atoms with Crippen LogP contribution in [0.4, 0.5) is 0 Å². The summed E-state index contributed by atoms with van der Waals surface area (Å²) in [7, 11) is 2.90. The van der Waals surface area contributed by atoms with Gasteiger partial charge in [-0.3, -0.25) is 9.59 Å². The van der Waals surface area contributed by atoms with Crippen molar-refractivity contribution >= 4 is 11.9 Å². The SMILES string of the molecule is COC(=O)CN(C)C(=O)c1ccc2c(c1)CNC2. The maximum atomic E-state index is 12.1. The van der Waals surface area contributed by atoms with E-state index in [2.05, 4.69) is 10.1 Å². The fraction of sp³-hybridized carbons (Fsp3) is 0.385. The average Bonchev–Trinajstić information content (AvgIpc) is 2.84. The number of carbonyl (C=O) groups excluding carboxylic acids is 2. The van der Waals surface area contributed by atoms with Gasteiger partial charge in [0.25, 0.3) is 5.91 Å². The summed E-state index contributed by atoms with van der Waals surface area (Å²) in [6.07, 6.45) is 0. The van der Waals surface area contributed by atoms with Crippen molar-refractivity contribution in [1.82, 2.24) is 10.2 Å². The van der Waals surface area contributed by atoms with Gasteiger partial charge in [-0.2, -0.15) is 0 Å². The minimum absolute atomic E-state index is 0.0370. The fourth-order valence-corrected chi connectivity index (χ4v) is 1.98. The number of hydrogen-bond acceptors (Lipinski definition) is 4. The molecule has 0 bridgehead atoms. The van der Waals surface area contributed by atoms with Crippen LogP contribution in [-0.2, 0) is 22.6 Å². The van der Waals surface area contributed by atoms with Crippen molar-refractivity contribution in [3.63, 3.8) is 0 Å². The van der Waals surface area contributed by atoms with Gasteiger partial charge in [0.1, 0.15) is 6.54 Å². The molecule has 18 heavy (non-hydrogen) atoms. The molecule has 0 spiro atoms. The van der Waals surface area contributed by atoms with Crippen LogP contribution in [0, 0.1) is 0 Å². The molecule has 1 amide bonds. The van der Waals surface area contributed by atoms with Crippen LogP contribution < -0.4 is 5.32 Å². The number of ether oxygens (including phenoxy) is 1. The van der Waals surface area contributed by atoms with E-state index in [0.717, 1.165) is 18.7 Å². The molecule has 0 radical (unpaired) electrons. The third kappa shape index (κ3) is 2.51. The molecule has 1 aliphatic rings. The maximum Gasteiger partial charge on any atom is 0.325 e. The zero-order chi connectivity index (χ0) is 13.1. The van der Waals surface area contributed by atoms with Crippen LogP contribution in [0.2, 0.25) is 0 Å². The number of likely N-dealkylation sites (N-methyl/N-ethyl adjacent to an activating group) is 1. The first-order valence-corrected chi connectivity index (χ1v) is 5.76. The largest absolute Gasteiger partial charge is 0.468 e. The number of nitrogens with one attached hydrogen (secondary N) is 1. The number of rotatable bonds is 3. The minimum Gasteiger partial charge on any atom is -0.468 e. The van der Waals surface area contributed by atoms with Gasteiger partial charge in [-0.15, -0.1) is 0 Å². The van der Waals surface area contributed by atoms with E-state index in [9.17, 15) is 9.59 Å². The number of benzene rings is 1. The highest BCUT2D eigenvalue weighted by molar-refractivity contribution is 5.96. The summed E-state index contributed by atoms with van der Waals surface area (Å²) < 4.78 is 4.54. The van der Waals surface area contributed by atoms with Crippen molar-refractivity contribution in [2.45, 2.75) is 13.1 Å². The van der Waals surface area contributed by atoms with Crippen LogP contribution in [0.3, 0.4) is 0 Å². The lowest BCUT2D eigenvalue weighted by Crippen LogP contribution is -2.32. The van der Waals surface area contributed by atoms with E-state index < -0.39 is 5.97 Å². The van der Waals surface area contributed by atoms with Gasteiger partial charge in [-0.05, 0) is 23.3 Å². The second-order valence-corrected chi connectivity index (χ2v) is 4.32. The summed E-state index contributed by atoms with van der Waals surface area (Å²) in [4.78, 5) is 24.6. The number of esters is 1. The second kappa shape index (κ2) is 5.18. The molecule has 0 aliphatic carbocycles. The highest BCUT2D eigenvalue weighted by Gasteiger charge is 2.17. The van der Waals surface area contributed by atoms with Gasteiger partial charge in [0.2, 0.25) is 0 Å². The second-order valence-electron chi connectivity index (χ2n) is 4.32. The van der Waals surface area contributed by atoms with Gasteiger partial charge < -0.3 is 15.0 Å². The van der Waals surface area contributed by atoms with E-state index in [1.54, 1.807) is 13.1 Å². The Labute approximate surface area is 106 Å². The molecule has 0 atom stereocenters. The van der Waals surface area contributed by atoms with Crippen molar-refractivity contribution in [3.8, 4) is 0 Å².